The summed E-state index contributed by atoms with van der Waals surface area (Å²) >= 11 is 0. The van der Waals surface area contributed by atoms with E-state index in [1.54, 1.807) is 11.9 Å². The van der Waals surface area contributed by atoms with Crippen LogP contribution in [-0.2, 0) is 27.4 Å². The summed E-state index contributed by atoms with van der Waals surface area (Å²) in [5.41, 5.74) is 4.21. The Balaban J connectivity index is 1.51. The van der Waals surface area contributed by atoms with E-state index in [-0.39, 0.29) is 24.4 Å². The van der Waals surface area contributed by atoms with E-state index in [1.165, 1.54) is 4.90 Å². The number of aromatic amines is 1. The summed E-state index contributed by atoms with van der Waals surface area (Å²) in [5.74, 6) is -0.0386. The van der Waals surface area contributed by atoms with E-state index in [1.807, 2.05) is 48.5 Å². The first kappa shape index (κ1) is 17.9. The van der Waals surface area contributed by atoms with Crippen molar-refractivity contribution in [1.82, 2.24) is 14.8 Å². The van der Waals surface area contributed by atoms with Crippen molar-refractivity contribution in [2.24, 2.45) is 0 Å². The second-order valence-electron chi connectivity index (χ2n) is 7.79. The molecule has 2 unspecified atom stereocenters. The number of amides is 2. The van der Waals surface area contributed by atoms with Gasteiger partial charge in [-0.3, -0.25) is 9.59 Å². The summed E-state index contributed by atoms with van der Waals surface area (Å²) < 4.78 is 6.03. The number of rotatable bonds is 4. The van der Waals surface area contributed by atoms with Gasteiger partial charge >= 0.3 is 0 Å². The van der Waals surface area contributed by atoms with Crippen LogP contribution in [0.5, 0.6) is 0 Å². The van der Waals surface area contributed by atoms with Crippen molar-refractivity contribution in [2.75, 3.05) is 20.2 Å². The number of nitrogens with one attached hydrogen (secondary N) is 1. The van der Waals surface area contributed by atoms with Gasteiger partial charge in [0, 0.05) is 30.1 Å². The molecule has 148 valence electrons. The number of fused-ring (bicyclic) bond motifs is 4. The molecule has 2 amide bonds. The van der Waals surface area contributed by atoms with E-state index in [0.29, 0.717) is 19.6 Å². The van der Waals surface area contributed by atoms with Crippen LogP contribution >= 0.6 is 0 Å². The molecular weight excluding hydrogens is 366 g/mol. The number of carbonyl (C=O) groups is 2. The van der Waals surface area contributed by atoms with E-state index in [2.05, 4.69) is 11.1 Å². The van der Waals surface area contributed by atoms with Gasteiger partial charge < -0.3 is 19.5 Å². The Morgan fingerprint density at radius 2 is 1.83 bits per heavy atom. The molecule has 3 heterocycles. The average Bonchev–Trinajstić information content (AvgIpc) is 3.11. The Hall–Kier alpha value is -3.12. The van der Waals surface area contributed by atoms with Crippen LogP contribution in [0, 0.1) is 0 Å². The van der Waals surface area contributed by atoms with Crippen molar-refractivity contribution in [3.63, 3.8) is 0 Å². The second-order valence-corrected chi connectivity index (χ2v) is 7.79. The van der Waals surface area contributed by atoms with Crippen molar-refractivity contribution < 1.29 is 14.3 Å². The summed E-state index contributed by atoms with van der Waals surface area (Å²) in [7, 11) is 1.70. The van der Waals surface area contributed by atoms with Gasteiger partial charge in [0.05, 0.1) is 25.8 Å². The van der Waals surface area contributed by atoms with Crippen LogP contribution in [0.15, 0.2) is 54.6 Å². The van der Waals surface area contributed by atoms with E-state index in [0.717, 1.165) is 27.7 Å². The van der Waals surface area contributed by atoms with Crippen LogP contribution in [-0.4, -0.2) is 52.8 Å². The number of piperazine rings is 1. The van der Waals surface area contributed by atoms with Crippen LogP contribution in [0.2, 0.25) is 0 Å². The molecule has 5 rings (SSSR count). The molecule has 2 aromatic carbocycles. The maximum absolute atomic E-state index is 12.9. The fourth-order valence-corrected chi connectivity index (χ4v) is 4.57. The Morgan fingerprint density at radius 3 is 2.66 bits per heavy atom. The average molecular weight is 389 g/mol. The first-order valence-corrected chi connectivity index (χ1v) is 9.91. The summed E-state index contributed by atoms with van der Waals surface area (Å²) in [6.07, 6.45) is 0.531. The minimum absolute atomic E-state index is 0.00593. The third-order valence-electron chi connectivity index (χ3n) is 5.96. The molecule has 6 nitrogen and oxygen atoms in total. The third kappa shape index (κ3) is 3.00. The van der Waals surface area contributed by atoms with E-state index in [4.69, 9.17) is 4.74 Å². The predicted octanol–water partition coefficient (Wildman–Crippen LogP) is 2.65. The molecule has 0 saturated carbocycles. The van der Waals surface area contributed by atoms with Crippen LogP contribution in [0.1, 0.15) is 22.9 Å². The summed E-state index contributed by atoms with van der Waals surface area (Å²) in [5, 5.41) is 1.11. The van der Waals surface area contributed by atoms with Gasteiger partial charge in [0.15, 0.2) is 0 Å². The highest BCUT2D eigenvalue weighted by Gasteiger charge is 2.46. The Morgan fingerprint density at radius 1 is 1.07 bits per heavy atom. The number of likely N-dealkylation sites (N-methyl/N-ethyl adjacent to an activating group) is 1. The number of hydrogen-bond acceptors (Lipinski definition) is 3. The Labute approximate surface area is 169 Å². The summed E-state index contributed by atoms with van der Waals surface area (Å²) in [6, 6.07) is 17.3. The quantitative estimate of drug-likeness (QED) is 0.746. The van der Waals surface area contributed by atoms with Crippen LogP contribution in [0.3, 0.4) is 0 Å². The molecule has 2 atom stereocenters. The minimum atomic E-state index is -0.474. The molecule has 0 spiro atoms. The fraction of sp³-hybridized carbons (Fsp3) is 0.304. The molecule has 0 aliphatic carbocycles. The molecule has 2 aliphatic heterocycles. The van der Waals surface area contributed by atoms with E-state index < -0.39 is 6.04 Å². The van der Waals surface area contributed by atoms with Gasteiger partial charge in [-0.25, -0.2) is 0 Å². The Kier molecular flexibility index (Phi) is 4.36. The molecular formula is C23H23N3O3. The lowest BCUT2D eigenvalue weighted by Crippen LogP contribution is -2.62. The number of ether oxygens (including phenoxy) is 1. The van der Waals surface area contributed by atoms with Crippen LogP contribution in [0.4, 0.5) is 0 Å². The SMILES string of the molecule is CN1CC(=O)N2C(Cc3c([nH]c4ccccc34)C2COCc2ccccc2)C1=O. The van der Waals surface area contributed by atoms with Gasteiger partial charge in [-0.2, -0.15) is 0 Å². The minimum Gasteiger partial charge on any atom is -0.374 e. The molecule has 0 radical (unpaired) electrons. The Bertz CT molecular complexity index is 1080. The third-order valence-corrected chi connectivity index (χ3v) is 5.96. The van der Waals surface area contributed by atoms with E-state index >= 15 is 0 Å². The molecule has 1 N–H and O–H groups in total. The number of benzene rings is 2. The highest BCUT2D eigenvalue weighted by molar-refractivity contribution is 5.97. The summed E-state index contributed by atoms with van der Waals surface area (Å²) in [6.45, 7) is 0.918. The van der Waals surface area contributed by atoms with Crippen molar-refractivity contribution in [2.45, 2.75) is 25.1 Å². The standard InChI is InChI=1S/C23H23N3O3/c1-25-12-21(27)26-19(23(25)28)11-17-16-9-5-6-10-18(16)24-22(17)20(26)14-29-13-15-7-3-2-4-8-15/h2-10,19-20,24H,11-14H2,1H3. The molecule has 0 bridgehead atoms. The molecule has 2 aliphatic rings. The highest BCUT2D eigenvalue weighted by atomic mass is 16.5. The number of aromatic nitrogens is 1. The van der Waals surface area contributed by atoms with Crippen LogP contribution in [0.25, 0.3) is 10.9 Å². The first-order chi connectivity index (χ1) is 14.1. The smallest absolute Gasteiger partial charge is 0.245 e. The molecule has 1 saturated heterocycles. The number of para-hydroxylation sites is 1. The van der Waals surface area contributed by atoms with Gasteiger partial charge in [-0.15, -0.1) is 0 Å². The largest absolute Gasteiger partial charge is 0.374 e. The van der Waals surface area contributed by atoms with Crippen molar-refractivity contribution in [3.05, 3.63) is 71.4 Å². The van der Waals surface area contributed by atoms with Crippen LogP contribution < -0.4 is 0 Å². The van der Waals surface area contributed by atoms with Crippen molar-refractivity contribution in [3.8, 4) is 0 Å². The zero-order valence-corrected chi connectivity index (χ0v) is 16.3. The molecule has 1 aromatic heterocycles. The van der Waals surface area contributed by atoms with E-state index in [9.17, 15) is 9.59 Å². The van der Waals surface area contributed by atoms with Gasteiger partial charge in [-0.05, 0) is 17.2 Å². The second kappa shape index (κ2) is 7.04. The predicted molar refractivity (Wildman–Crippen MR) is 109 cm³/mol. The lowest BCUT2D eigenvalue weighted by molar-refractivity contribution is -0.160. The zero-order valence-electron chi connectivity index (χ0n) is 16.3. The van der Waals surface area contributed by atoms with Crippen molar-refractivity contribution in [1.29, 1.82) is 0 Å². The topological polar surface area (TPSA) is 65.6 Å². The number of H-pyrrole nitrogens is 1. The van der Waals surface area contributed by atoms with Gasteiger partial charge in [0.2, 0.25) is 11.8 Å². The zero-order chi connectivity index (χ0) is 20.0. The number of nitrogens with zero attached hydrogens (tertiary/aromatic N) is 2. The molecule has 1 fully saturated rings. The normalized spacial score (nSPS) is 21.4. The lowest BCUT2D eigenvalue weighted by atomic mass is 9.89. The van der Waals surface area contributed by atoms with Crippen molar-refractivity contribution >= 4 is 22.7 Å². The van der Waals surface area contributed by atoms with Gasteiger partial charge in [-0.1, -0.05) is 48.5 Å². The van der Waals surface area contributed by atoms with Gasteiger partial charge in [0.1, 0.15) is 6.04 Å². The fourth-order valence-electron chi connectivity index (χ4n) is 4.57. The monoisotopic (exact) mass is 389 g/mol. The molecule has 29 heavy (non-hydrogen) atoms. The summed E-state index contributed by atoms with van der Waals surface area (Å²) in [4.78, 5) is 32.6. The first-order valence-electron chi connectivity index (χ1n) is 9.91. The maximum atomic E-state index is 12.9. The number of carbonyl (C=O) groups excluding carboxylic acids is 2. The maximum Gasteiger partial charge on any atom is 0.245 e. The molecule has 6 heteroatoms. The number of hydrogen-bond donors (Lipinski definition) is 1. The molecule has 3 aromatic rings. The van der Waals surface area contributed by atoms with Gasteiger partial charge in [0.25, 0.3) is 0 Å². The highest BCUT2D eigenvalue weighted by Crippen LogP contribution is 2.39. The lowest BCUT2D eigenvalue weighted by Gasteiger charge is -2.46.